The summed E-state index contributed by atoms with van der Waals surface area (Å²) in [5.74, 6) is -1.22. The monoisotopic (exact) mass is 251 g/mol. The Bertz CT molecular complexity index is 416. The van der Waals surface area contributed by atoms with Crippen LogP contribution in [-0.4, -0.2) is 33.7 Å². The van der Waals surface area contributed by atoms with Crippen LogP contribution < -0.4 is 5.32 Å². The minimum absolute atomic E-state index is 0.108. The van der Waals surface area contributed by atoms with Gasteiger partial charge in [0.25, 0.3) is 5.91 Å². The van der Waals surface area contributed by atoms with Crippen molar-refractivity contribution in [1.29, 1.82) is 0 Å². The lowest BCUT2D eigenvalue weighted by molar-refractivity contribution is -0.149. The topological polar surface area (TPSA) is 92.2 Å². The van der Waals surface area contributed by atoms with Gasteiger partial charge >= 0.3 is 5.97 Å². The van der Waals surface area contributed by atoms with E-state index < -0.39 is 11.4 Å². The molecule has 0 radical (unpaired) electrons. The average Bonchev–Trinajstić information content (AvgIpc) is 2.41. The van der Waals surface area contributed by atoms with Crippen molar-refractivity contribution in [2.24, 2.45) is 5.41 Å². The molecule has 1 amide bonds. The van der Waals surface area contributed by atoms with E-state index in [2.05, 4.69) is 15.5 Å². The third-order valence-corrected chi connectivity index (χ3v) is 3.24. The van der Waals surface area contributed by atoms with Crippen molar-refractivity contribution in [3.8, 4) is 0 Å². The summed E-state index contributed by atoms with van der Waals surface area (Å²) in [6.07, 6.45) is 3.69. The summed E-state index contributed by atoms with van der Waals surface area (Å²) in [6, 6.07) is 1.53. The summed E-state index contributed by atoms with van der Waals surface area (Å²) in [4.78, 5) is 23.0. The Morgan fingerprint density at radius 3 is 2.44 bits per heavy atom. The van der Waals surface area contributed by atoms with Crippen LogP contribution in [-0.2, 0) is 4.79 Å². The van der Waals surface area contributed by atoms with Crippen LogP contribution in [0, 0.1) is 5.41 Å². The largest absolute Gasteiger partial charge is 0.481 e. The lowest BCUT2D eigenvalue weighted by Gasteiger charge is -2.26. The Morgan fingerprint density at radius 2 is 2.00 bits per heavy atom. The maximum atomic E-state index is 11.8. The van der Waals surface area contributed by atoms with E-state index in [1.165, 1.54) is 18.5 Å². The number of nitrogens with one attached hydrogen (secondary N) is 1. The van der Waals surface area contributed by atoms with Crippen molar-refractivity contribution >= 4 is 11.9 Å². The Morgan fingerprint density at radius 1 is 1.33 bits per heavy atom. The van der Waals surface area contributed by atoms with Gasteiger partial charge in [-0.3, -0.25) is 9.59 Å². The van der Waals surface area contributed by atoms with Crippen molar-refractivity contribution in [2.45, 2.75) is 26.7 Å². The molecule has 2 N–H and O–H groups in total. The zero-order valence-electron chi connectivity index (χ0n) is 10.5. The molecule has 6 nitrogen and oxygen atoms in total. The number of nitrogens with zero attached hydrogens (tertiary/aromatic N) is 2. The molecule has 1 aromatic rings. The van der Waals surface area contributed by atoms with Gasteiger partial charge in [0.15, 0.2) is 0 Å². The summed E-state index contributed by atoms with van der Waals surface area (Å²) in [5, 5.41) is 19.0. The first-order valence-electron chi connectivity index (χ1n) is 5.84. The zero-order valence-corrected chi connectivity index (χ0v) is 10.5. The molecule has 0 aliphatic heterocycles. The maximum absolute atomic E-state index is 11.8. The molecule has 6 heteroatoms. The van der Waals surface area contributed by atoms with Crippen molar-refractivity contribution in [2.75, 3.05) is 6.54 Å². The first-order chi connectivity index (χ1) is 8.55. The normalized spacial score (nSPS) is 11.0. The van der Waals surface area contributed by atoms with Gasteiger partial charge in [0, 0.05) is 6.54 Å². The highest BCUT2D eigenvalue weighted by Crippen LogP contribution is 2.25. The standard InChI is InChI=1S/C12H17N3O3/c1-3-12(4-2,11(17)18)8-13-10(16)9-5-6-14-15-7-9/h5-7H,3-4,8H2,1-2H3,(H,13,16)(H,17,18). The summed E-state index contributed by atoms with van der Waals surface area (Å²) in [6.45, 7) is 3.71. The van der Waals surface area contributed by atoms with Gasteiger partial charge in [-0.25, -0.2) is 0 Å². The lowest BCUT2D eigenvalue weighted by Crippen LogP contribution is -2.42. The van der Waals surface area contributed by atoms with Gasteiger partial charge in [-0.1, -0.05) is 13.8 Å². The summed E-state index contributed by atoms with van der Waals surface area (Å²) in [5.41, 5.74) is -0.535. The second-order valence-corrected chi connectivity index (χ2v) is 4.11. The van der Waals surface area contributed by atoms with Crippen LogP contribution in [0.3, 0.4) is 0 Å². The summed E-state index contributed by atoms with van der Waals surface area (Å²) in [7, 11) is 0. The van der Waals surface area contributed by atoms with Crippen molar-refractivity contribution in [3.05, 3.63) is 24.0 Å². The summed E-state index contributed by atoms with van der Waals surface area (Å²) >= 11 is 0. The van der Waals surface area contributed by atoms with Crippen LogP contribution in [0.5, 0.6) is 0 Å². The Labute approximate surface area is 105 Å². The number of hydrogen-bond donors (Lipinski definition) is 2. The molecule has 98 valence electrons. The molecule has 0 atom stereocenters. The highest BCUT2D eigenvalue weighted by Gasteiger charge is 2.35. The van der Waals surface area contributed by atoms with E-state index in [0.717, 1.165) is 0 Å². The number of carboxylic acid groups (broad SMARTS) is 1. The molecule has 0 unspecified atom stereocenters. The predicted octanol–water partition coefficient (Wildman–Crippen LogP) is 1.10. The molecular formula is C12H17N3O3. The number of carboxylic acids is 1. The van der Waals surface area contributed by atoms with Gasteiger partial charge in [0.05, 0.1) is 23.4 Å². The molecule has 0 aromatic carbocycles. The molecule has 0 bridgehead atoms. The van der Waals surface area contributed by atoms with Gasteiger partial charge in [-0.2, -0.15) is 10.2 Å². The van der Waals surface area contributed by atoms with Crippen LogP contribution in [0.25, 0.3) is 0 Å². The number of aliphatic carboxylic acids is 1. The third-order valence-electron chi connectivity index (χ3n) is 3.24. The van der Waals surface area contributed by atoms with Gasteiger partial charge in [-0.05, 0) is 18.9 Å². The van der Waals surface area contributed by atoms with Crippen molar-refractivity contribution in [3.63, 3.8) is 0 Å². The SMILES string of the molecule is CCC(CC)(CNC(=O)c1ccnnc1)C(=O)O. The Kier molecular flexibility index (Phi) is 4.76. The quantitative estimate of drug-likeness (QED) is 0.789. The van der Waals surface area contributed by atoms with E-state index in [-0.39, 0.29) is 12.5 Å². The molecule has 1 rings (SSSR count). The van der Waals surface area contributed by atoms with Crippen molar-refractivity contribution in [1.82, 2.24) is 15.5 Å². The van der Waals surface area contributed by atoms with Crippen molar-refractivity contribution < 1.29 is 14.7 Å². The van der Waals surface area contributed by atoms with E-state index >= 15 is 0 Å². The molecule has 0 aliphatic rings. The zero-order chi connectivity index (χ0) is 13.6. The van der Waals surface area contributed by atoms with E-state index in [4.69, 9.17) is 0 Å². The number of hydrogen-bond acceptors (Lipinski definition) is 4. The number of aromatic nitrogens is 2. The molecular weight excluding hydrogens is 234 g/mol. The van der Waals surface area contributed by atoms with Gasteiger partial charge in [0.1, 0.15) is 0 Å². The third kappa shape index (κ3) is 3.03. The van der Waals surface area contributed by atoms with E-state index in [1.807, 2.05) is 0 Å². The highest BCUT2D eigenvalue weighted by molar-refractivity contribution is 5.94. The number of carbonyl (C=O) groups excluding carboxylic acids is 1. The smallest absolute Gasteiger partial charge is 0.311 e. The minimum Gasteiger partial charge on any atom is -0.481 e. The molecule has 1 heterocycles. The van der Waals surface area contributed by atoms with Crippen LogP contribution in [0.1, 0.15) is 37.0 Å². The van der Waals surface area contributed by atoms with Gasteiger partial charge in [-0.15, -0.1) is 0 Å². The second kappa shape index (κ2) is 6.09. The number of amides is 1. The minimum atomic E-state index is -0.907. The molecule has 0 saturated heterocycles. The fourth-order valence-corrected chi connectivity index (χ4v) is 1.65. The molecule has 0 aliphatic carbocycles. The first-order valence-corrected chi connectivity index (χ1v) is 5.84. The predicted molar refractivity (Wildman–Crippen MR) is 65.0 cm³/mol. The average molecular weight is 251 g/mol. The first kappa shape index (κ1) is 14.1. The lowest BCUT2D eigenvalue weighted by atomic mass is 9.82. The van der Waals surface area contributed by atoms with Crippen LogP contribution in [0.2, 0.25) is 0 Å². The summed E-state index contributed by atoms with van der Waals surface area (Å²) < 4.78 is 0. The maximum Gasteiger partial charge on any atom is 0.311 e. The molecule has 0 saturated carbocycles. The number of carbonyl (C=O) groups is 2. The fraction of sp³-hybridized carbons (Fsp3) is 0.500. The second-order valence-electron chi connectivity index (χ2n) is 4.11. The Hall–Kier alpha value is -1.98. The van der Waals surface area contributed by atoms with Crippen LogP contribution >= 0.6 is 0 Å². The van der Waals surface area contributed by atoms with Gasteiger partial charge < -0.3 is 10.4 Å². The van der Waals surface area contributed by atoms with E-state index in [0.29, 0.717) is 18.4 Å². The van der Waals surface area contributed by atoms with E-state index in [9.17, 15) is 14.7 Å². The van der Waals surface area contributed by atoms with Gasteiger partial charge in [0.2, 0.25) is 0 Å². The van der Waals surface area contributed by atoms with E-state index in [1.54, 1.807) is 13.8 Å². The highest BCUT2D eigenvalue weighted by atomic mass is 16.4. The molecule has 0 spiro atoms. The fourth-order valence-electron chi connectivity index (χ4n) is 1.65. The Balaban J connectivity index is 2.69. The molecule has 18 heavy (non-hydrogen) atoms. The molecule has 1 aromatic heterocycles. The molecule has 0 fully saturated rings. The number of rotatable bonds is 6. The van der Waals surface area contributed by atoms with Crippen LogP contribution in [0.4, 0.5) is 0 Å². The van der Waals surface area contributed by atoms with Crippen LogP contribution in [0.15, 0.2) is 18.5 Å².